The molecule has 2 N–H and O–H groups in total. The molecule has 1 nitrogen and oxygen atoms in total. The first-order valence-corrected chi connectivity index (χ1v) is 6.27. The second-order valence-electron chi connectivity index (χ2n) is 4.44. The zero-order chi connectivity index (χ0) is 11.8. The molecule has 88 valence electrons. The standard InChI is InChI=1S/C12H14BrF2N/c13-10-9(14)5-4-8(11(10)15)12(16)6-2-1-3-7-12/h4-5H,1-3,6-7,16H2. The van der Waals surface area contributed by atoms with Crippen LogP contribution in [0.15, 0.2) is 16.6 Å². The molecule has 0 radical (unpaired) electrons. The molecule has 1 aliphatic carbocycles. The van der Waals surface area contributed by atoms with Gasteiger partial charge in [0.15, 0.2) is 0 Å². The fourth-order valence-corrected chi connectivity index (χ4v) is 2.71. The van der Waals surface area contributed by atoms with Crippen LogP contribution >= 0.6 is 15.9 Å². The highest BCUT2D eigenvalue weighted by atomic mass is 79.9. The minimum absolute atomic E-state index is 0.111. The Morgan fingerprint density at radius 3 is 2.38 bits per heavy atom. The van der Waals surface area contributed by atoms with Crippen LogP contribution in [-0.2, 0) is 5.54 Å². The molecule has 16 heavy (non-hydrogen) atoms. The van der Waals surface area contributed by atoms with Crippen molar-refractivity contribution in [3.63, 3.8) is 0 Å². The van der Waals surface area contributed by atoms with Crippen LogP contribution in [0.25, 0.3) is 0 Å². The third kappa shape index (κ3) is 2.00. The van der Waals surface area contributed by atoms with E-state index in [9.17, 15) is 8.78 Å². The molecule has 1 fully saturated rings. The second-order valence-corrected chi connectivity index (χ2v) is 5.23. The van der Waals surface area contributed by atoms with Crippen LogP contribution in [0.2, 0.25) is 0 Å². The molecule has 0 heterocycles. The van der Waals surface area contributed by atoms with Gasteiger partial charge in [-0.2, -0.15) is 0 Å². The first-order valence-electron chi connectivity index (χ1n) is 5.47. The molecular formula is C12H14BrF2N. The van der Waals surface area contributed by atoms with Gasteiger partial charge in [-0.25, -0.2) is 8.78 Å². The van der Waals surface area contributed by atoms with Crippen LogP contribution in [0.4, 0.5) is 8.78 Å². The molecule has 0 aromatic heterocycles. The van der Waals surface area contributed by atoms with E-state index in [1.807, 2.05) is 0 Å². The van der Waals surface area contributed by atoms with E-state index in [1.54, 1.807) is 0 Å². The highest BCUT2D eigenvalue weighted by molar-refractivity contribution is 9.10. The normalized spacial score (nSPS) is 19.8. The Balaban J connectivity index is 2.43. The minimum atomic E-state index is -0.626. The van der Waals surface area contributed by atoms with Crippen molar-refractivity contribution in [1.29, 1.82) is 0 Å². The van der Waals surface area contributed by atoms with E-state index in [0.29, 0.717) is 5.56 Å². The van der Waals surface area contributed by atoms with Crippen molar-refractivity contribution >= 4 is 15.9 Å². The number of nitrogens with two attached hydrogens (primary N) is 1. The zero-order valence-electron chi connectivity index (χ0n) is 8.90. The first kappa shape index (κ1) is 12.0. The summed E-state index contributed by atoms with van der Waals surface area (Å²) in [6.45, 7) is 0. The summed E-state index contributed by atoms with van der Waals surface area (Å²) < 4.78 is 26.9. The number of rotatable bonds is 1. The van der Waals surface area contributed by atoms with Gasteiger partial charge in [-0.05, 0) is 34.8 Å². The molecule has 0 atom stereocenters. The Kier molecular flexibility index (Phi) is 3.31. The van der Waals surface area contributed by atoms with Gasteiger partial charge in [0.2, 0.25) is 0 Å². The zero-order valence-corrected chi connectivity index (χ0v) is 10.5. The summed E-state index contributed by atoms with van der Waals surface area (Å²) in [7, 11) is 0. The van der Waals surface area contributed by atoms with Gasteiger partial charge in [-0.15, -0.1) is 0 Å². The Morgan fingerprint density at radius 2 is 1.75 bits per heavy atom. The Morgan fingerprint density at radius 1 is 1.12 bits per heavy atom. The van der Waals surface area contributed by atoms with E-state index in [2.05, 4.69) is 15.9 Å². The van der Waals surface area contributed by atoms with E-state index in [-0.39, 0.29) is 4.47 Å². The van der Waals surface area contributed by atoms with Crippen molar-refractivity contribution in [3.8, 4) is 0 Å². The molecule has 1 aromatic carbocycles. The van der Waals surface area contributed by atoms with Crippen molar-refractivity contribution in [2.24, 2.45) is 5.73 Å². The molecular weight excluding hydrogens is 276 g/mol. The summed E-state index contributed by atoms with van der Waals surface area (Å²) in [6.07, 6.45) is 4.68. The molecule has 2 rings (SSSR count). The molecule has 0 unspecified atom stereocenters. The summed E-state index contributed by atoms with van der Waals surface area (Å²) >= 11 is 2.92. The number of hydrogen-bond donors (Lipinski definition) is 1. The second kappa shape index (κ2) is 4.41. The molecule has 0 saturated heterocycles. The molecule has 1 aliphatic rings. The van der Waals surface area contributed by atoms with Crippen LogP contribution in [0.1, 0.15) is 37.7 Å². The highest BCUT2D eigenvalue weighted by Crippen LogP contribution is 2.38. The van der Waals surface area contributed by atoms with E-state index in [1.165, 1.54) is 12.1 Å². The van der Waals surface area contributed by atoms with Crippen molar-refractivity contribution < 1.29 is 8.78 Å². The van der Waals surface area contributed by atoms with Crippen LogP contribution < -0.4 is 5.73 Å². The summed E-state index contributed by atoms with van der Waals surface area (Å²) in [4.78, 5) is 0. The maximum Gasteiger partial charge on any atom is 0.145 e. The van der Waals surface area contributed by atoms with Gasteiger partial charge in [-0.3, -0.25) is 0 Å². The molecule has 1 saturated carbocycles. The molecule has 0 amide bonds. The summed E-state index contributed by atoms with van der Waals surface area (Å²) in [6, 6.07) is 2.74. The smallest absolute Gasteiger partial charge is 0.145 e. The van der Waals surface area contributed by atoms with Crippen molar-refractivity contribution in [2.45, 2.75) is 37.6 Å². The number of halogens is 3. The topological polar surface area (TPSA) is 26.0 Å². The van der Waals surface area contributed by atoms with E-state index >= 15 is 0 Å². The third-order valence-corrected chi connectivity index (χ3v) is 4.04. The summed E-state index contributed by atoms with van der Waals surface area (Å²) in [5.74, 6) is -1.13. The van der Waals surface area contributed by atoms with E-state index < -0.39 is 17.2 Å². The van der Waals surface area contributed by atoms with Crippen molar-refractivity contribution in [2.75, 3.05) is 0 Å². The minimum Gasteiger partial charge on any atom is -0.321 e. The maximum atomic E-state index is 13.9. The lowest BCUT2D eigenvalue weighted by Crippen LogP contribution is -2.39. The SMILES string of the molecule is NC1(c2ccc(F)c(Br)c2F)CCCCC1. The fourth-order valence-electron chi connectivity index (χ4n) is 2.36. The highest BCUT2D eigenvalue weighted by Gasteiger charge is 2.33. The lowest BCUT2D eigenvalue weighted by molar-refractivity contribution is 0.292. The lowest BCUT2D eigenvalue weighted by Gasteiger charge is -2.34. The van der Waals surface area contributed by atoms with Gasteiger partial charge in [0, 0.05) is 11.1 Å². The maximum absolute atomic E-state index is 13.9. The molecule has 1 aromatic rings. The predicted octanol–water partition coefficient (Wildman–Crippen LogP) is 3.85. The van der Waals surface area contributed by atoms with Gasteiger partial charge in [0.05, 0.1) is 4.47 Å². The Bertz CT molecular complexity index is 400. The average Bonchev–Trinajstić information content (AvgIpc) is 2.27. The van der Waals surface area contributed by atoms with Gasteiger partial charge in [-0.1, -0.05) is 25.3 Å². The van der Waals surface area contributed by atoms with Gasteiger partial charge >= 0.3 is 0 Å². The summed E-state index contributed by atoms with van der Waals surface area (Å²) in [5.41, 5.74) is 6.02. The van der Waals surface area contributed by atoms with Crippen molar-refractivity contribution in [1.82, 2.24) is 0 Å². The van der Waals surface area contributed by atoms with Crippen LogP contribution in [-0.4, -0.2) is 0 Å². The van der Waals surface area contributed by atoms with Gasteiger partial charge < -0.3 is 5.73 Å². The molecule has 0 bridgehead atoms. The van der Waals surface area contributed by atoms with Crippen molar-refractivity contribution in [3.05, 3.63) is 33.8 Å². The largest absolute Gasteiger partial charge is 0.321 e. The third-order valence-electron chi connectivity index (χ3n) is 3.32. The molecule has 0 spiro atoms. The Hall–Kier alpha value is -0.480. The summed E-state index contributed by atoms with van der Waals surface area (Å²) in [5, 5.41) is 0. The Labute approximate surface area is 102 Å². The quantitative estimate of drug-likeness (QED) is 0.781. The van der Waals surface area contributed by atoms with Crippen LogP contribution in [0, 0.1) is 11.6 Å². The number of hydrogen-bond acceptors (Lipinski definition) is 1. The fraction of sp³-hybridized carbons (Fsp3) is 0.500. The molecule has 0 aliphatic heterocycles. The van der Waals surface area contributed by atoms with E-state index in [4.69, 9.17) is 5.73 Å². The lowest BCUT2D eigenvalue weighted by atomic mass is 9.77. The van der Waals surface area contributed by atoms with Crippen LogP contribution in [0.5, 0.6) is 0 Å². The number of benzene rings is 1. The van der Waals surface area contributed by atoms with Gasteiger partial charge in [0.25, 0.3) is 0 Å². The van der Waals surface area contributed by atoms with Gasteiger partial charge in [0.1, 0.15) is 11.6 Å². The van der Waals surface area contributed by atoms with E-state index in [0.717, 1.165) is 32.1 Å². The first-order chi connectivity index (χ1) is 7.54. The average molecular weight is 290 g/mol. The monoisotopic (exact) mass is 289 g/mol. The van der Waals surface area contributed by atoms with Crippen LogP contribution in [0.3, 0.4) is 0 Å². The predicted molar refractivity (Wildman–Crippen MR) is 63.0 cm³/mol. The molecule has 4 heteroatoms.